The quantitative estimate of drug-likeness (QED) is 0.619. The van der Waals surface area contributed by atoms with Gasteiger partial charge in [0, 0.05) is 35.1 Å². The van der Waals surface area contributed by atoms with Gasteiger partial charge in [0.15, 0.2) is 17.3 Å². The number of hydrogen-bond acceptors (Lipinski definition) is 5. The monoisotopic (exact) mass is 455 g/mol. The third-order valence-corrected chi connectivity index (χ3v) is 6.41. The number of carbonyl (C=O) groups excluding carboxylic acids is 2. The van der Waals surface area contributed by atoms with Gasteiger partial charge in [-0.3, -0.25) is 14.5 Å². The van der Waals surface area contributed by atoms with E-state index in [1.165, 1.54) is 0 Å². The molecule has 168 valence electrons. The van der Waals surface area contributed by atoms with Crippen LogP contribution >= 0.6 is 11.6 Å². The zero-order valence-corrected chi connectivity index (χ0v) is 19.4. The van der Waals surface area contributed by atoms with Crippen LogP contribution in [0.2, 0.25) is 5.02 Å². The van der Waals surface area contributed by atoms with E-state index in [2.05, 4.69) is 0 Å². The molecule has 1 aliphatic carbocycles. The minimum atomic E-state index is -0.380. The molecule has 4 rings (SSSR count). The standard InChI is InChI=1S/C25H26ClNO5/c1-14-8-9-16(26)12-19(14)27-18-6-5-7-20(28)24(18)17(13-23(27)29)15-10-21(30-2)25(32-4)22(11-15)31-3/h8-12,17H,5-7,13H2,1-4H3/t17-/m1/s1. The van der Waals surface area contributed by atoms with Crippen molar-refractivity contribution in [1.82, 2.24) is 0 Å². The molecule has 0 spiro atoms. The molecule has 0 bridgehead atoms. The SMILES string of the molecule is COc1cc([C@H]2CC(=O)N(c3cc(Cl)ccc3C)C3=C2C(=O)CCC3)cc(OC)c1OC. The number of benzene rings is 2. The summed E-state index contributed by atoms with van der Waals surface area (Å²) in [5.74, 6) is 1.08. The molecule has 1 heterocycles. The zero-order valence-electron chi connectivity index (χ0n) is 18.7. The first-order chi connectivity index (χ1) is 15.4. The van der Waals surface area contributed by atoms with E-state index in [-0.39, 0.29) is 24.0 Å². The molecule has 2 aliphatic rings. The van der Waals surface area contributed by atoms with Crippen LogP contribution < -0.4 is 19.1 Å². The molecular formula is C25H26ClNO5. The summed E-state index contributed by atoms with van der Waals surface area (Å²) in [5.41, 5.74) is 3.90. The van der Waals surface area contributed by atoms with Gasteiger partial charge < -0.3 is 14.2 Å². The van der Waals surface area contributed by atoms with Crippen molar-refractivity contribution in [2.75, 3.05) is 26.2 Å². The van der Waals surface area contributed by atoms with Crippen molar-refractivity contribution in [3.8, 4) is 17.2 Å². The minimum Gasteiger partial charge on any atom is -0.493 e. The fourth-order valence-corrected chi connectivity index (χ4v) is 4.85. The highest BCUT2D eigenvalue weighted by Gasteiger charge is 2.40. The van der Waals surface area contributed by atoms with Crippen molar-refractivity contribution >= 4 is 29.0 Å². The van der Waals surface area contributed by atoms with Gasteiger partial charge in [-0.2, -0.15) is 0 Å². The van der Waals surface area contributed by atoms with E-state index in [0.717, 1.165) is 22.5 Å². The smallest absolute Gasteiger partial charge is 0.232 e. The first kappa shape index (κ1) is 22.2. The third kappa shape index (κ3) is 3.73. The summed E-state index contributed by atoms with van der Waals surface area (Å²) < 4.78 is 16.4. The molecule has 0 aromatic heterocycles. The molecule has 2 aromatic carbocycles. The van der Waals surface area contributed by atoms with E-state index < -0.39 is 0 Å². The van der Waals surface area contributed by atoms with Crippen LogP contribution in [0.15, 0.2) is 41.6 Å². The van der Waals surface area contributed by atoms with Gasteiger partial charge >= 0.3 is 0 Å². The number of amides is 1. The lowest BCUT2D eigenvalue weighted by molar-refractivity contribution is -0.119. The Balaban J connectivity index is 1.90. The van der Waals surface area contributed by atoms with E-state index in [1.807, 2.05) is 25.1 Å². The summed E-state index contributed by atoms with van der Waals surface area (Å²) in [6, 6.07) is 9.13. The average Bonchev–Trinajstić information content (AvgIpc) is 2.79. The fraction of sp³-hybridized carbons (Fsp3) is 0.360. The van der Waals surface area contributed by atoms with Gasteiger partial charge in [-0.05, 0) is 55.2 Å². The molecular weight excluding hydrogens is 430 g/mol. The zero-order chi connectivity index (χ0) is 23.0. The Kier molecular flexibility index (Phi) is 6.15. The number of ketones is 1. The number of nitrogens with zero attached hydrogens (tertiary/aromatic N) is 1. The van der Waals surface area contributed by atoms with Gasteiger partial charge in [0.05, 0.1) is 27.0 Å². The summed E-state index contributed by atoms with van der Waals surface area (Å²) in [7, 11) is 4.64. The van der Waals surface area contributed by atoms with Crippen LogP contribution in [0.1, 0.15) is 42.7 Å². The van der Waals surface area contributed by atoms with E-state index >= 15 is 0 Å². The lowest BCUT2D eigenvalue weighted by Crippen LogP contribution is -2.40. The van der Waals surface area contributed by atoms with Crippen molar-refractivity contribution in [3.05, 3.63) is 57.8 Å². The Morgan fingerprint density at radius 2 is 1.66 bits per heavy atom. The Morgan fingerprint density at radius 1 is 0.969 bits per heavy atom. The molecule has 0 saturated carbocycles. The van der Waals surface area contributed by atoms with E-state index in [4.69, 9.17) is 25.8 Å². The van der Waals surface area contributed by atoms with Crippen molar-refractivity contribution in [2.45, 2.75) is 38.5 Å². The number of allylic oxidation sites excluding steroid dienone is 2. The molecule has 0 saturated heterocycles. The van der Waals surface area contributed by atoms with Crippen molar-refractivity contribution in [2.24, 2.45) is 0 Å². The molecule has 1 amide bonds. The maximum Gasteiger partial charge on any atom is 0.232 e. The number of carbonyl (C=O) groups is 2. The number of halogens is 1. The molecule has 1 atom stereocenters. The van der Waals surface area contributed by atoms with Gasteiger partial charge in [0.2, 0.25) is 11.7 Å². The van der Waals surface area contributed by atoms with Gasteiger partial charge in [-0.1, -0.05) is 17.7 Å². The van der Waals surface area contributed by atoms with Crippen LogP contribution in [0.25, 0.3) is 0 Å². The summed E-state index contributed by atoms with van der Waals surface area (Å²) in [6.45, 7) is 1.94. The molecule has 6 nitrogen and oxygen atoms in total. The lowest BCUT2D eigenvalue weighted by Gasteiger charge is -2.39. The van der Waals surface area contributed by atoms with Crippen LogP contribution in [0, 0.1) is 6.92 Å². The number of ether oxygens (including phenoxy) is 3. The maximum absolute atomic E-state index is 13.5. The van der Waals surface area contributed by atoms with Gasteiger partial charge in [0.1, 0.15) is 0 Å². The van der Waals surface area contributed by atoms with Gasteiger partial charge in [0.25, 0.3) is 0 Å². The molecule has 7 heteroatoms. The first-order valence-electron chi connectivity index (χ1n) is 10.5. The Hall–Kier alpha value is -2.99. The van der Waals surface area contributed by atoms with Gasteiger partial charge in [-0.25, -0.2) is 0 Å². The minimum absolute atomic E-state index is 0.0671. The van der Waals surface area contributed by atoms with Crippen molar-refractivity contribution < 1.29 is 23.8 Å². The predicted molar refractivity (Wildman–Crippen MR) is 123 cm³/mol. The highest BCUT2D eigenvalue weighted by atomic mass is 35.5. The van der Waals surface area contributed by atoms with Crippen molar-refractivity contribution in [1.29, 1.82) is 0 Å². The molecule has 32 heavy (non-hydrogen) atoms. The number of hydrogen-bond donors (Lipinski definition) is 0. The number of Topliss-reactive ketones (excluding diaryl/α,β-unsaturated/α-hetero) is 1. The van der Waals surface area contributed by atoms with Crippen LogP contribution in [0.5, 0.6) is 17.2 Å². The second-order valence-electron chi connectivity index (χ2n) is 8.01. The Morgan fingerprint density at radius 3 is 2.28 bits per heavy atom. The molecule has 0 N–H and O–H groups in total. The van der Waals surface area contributed by atoms with E-state index in [9.17, 15) is 9.59 Å². The highest BCUT2D eigenvalue weighted by molar-refractivity contribution is 6.31. The van der Waals surface area contributed by atoms with Crippen molar-refractivity contribution in [3.63, 3.8) is 0 Å². The lowest BCUT2D eigenvalue weighted by atomic mass is 9.77. The van der Waals surface area contributed by atoms with Crippen LogP contribution in [-0.4, -0.2) is 33.0 Å². The number of methoxy groups -OCH3 is 3. The Bertz CT molecular complexity index is 1100. The molecule has 1 aliphatic heterocycles. The normalized spacial score (nSPS) is 18.5. The molecule has 0 fully saturated rings. The number of rotatable bonds is 5. The second-order valence-corrected chi connectivity index (χ2v) is 8.45. The molecule has 2 aromatic rings. The predicted octanol–water partition coefficient (Wildman–Crippen LogP) is 5.20. The largest absolute Gasteiger partial charge is 0.493 e. The number of aryl methyl sites for hydroxylation is 1. The van der Waals surface area contributed by atoms with Crippen LogP contribution in [-0.2, 0) is 9.59 Å². The summed E-state index contributed by atoms with van der Waals surface area (Å²) in [4.78, 5) is 28.4. The summed E-state index contributed by atoms with van der Waals surface area (Å²) >= 11 is 6.25. The van der Waals surface area contributed by atoms with Gasteiger partial charge in [-0.15, -0.1) is 0 Å². The molecule has 0 unspecified atom stereocenters. The number of anilines is 1. The summed E-state index contributed by atoms with van der Waals surface area (Å²) in [5, 5.41) is 0.550. The van der Waals surface area contributed by atoms with E-state index in [0.29, 0.717) is 47.1 Å². The average molecular weight is 456 g/mol. The Labute approximate surface area is 192 Å². The summed E-state index contributed by atoms with van der Waals surface area (Å²) in [6.07, 6.45) is 1.99. The third-order valence-electron chi connectivity index (χ3n) is 6.18. The van der Waals surface area contributed by atoms with Crippen LogP contribution in [0.4, 0.5) is 5.69 Å². The molecule has 0 radical (unpaired) electrons. The highest BCUT2D eigenvalue weighted by Crippen LogP contribution is 2.47. The van der Waals surface area contributed by atoms with E-state index in [1.54, 1.807) is 38.4 Å². The fourth-order valence-electron chi connectivity index (χ4n) is 4.68. The first-order valence-corrected chi connectivity index (χ1v) is 10.9. The van der Waals surface area contributed by atoms with Crippen LogP contribution in [0.3, 0.4) is 0 Å². The topological polar surface area (TPSA) is 65.1 Å². The maximum atomic E-state index is 13.5. The second kappa shape index (κ2) is 8.87.